The Kier molecular flexibility index (Phi) is 2.29. The second-order valence-corrected chi connectivity index (χ2v) is 5.17. The molecule has 0 radical (unpaired) electrons. The number of amides is 3. The van der Waals surface area contributed by atoms with Crippen molar-refractivity contribution >= 4 is 23.4 Å². The molecule has 0 bridgehead atoms. The molecule has 1 aliphatic heterocycles. The van der Waals surface area contributed by atoms with Gasteiger partial charge in [0.15, 0.2) is 0 Å². The summed E-state index contributed by atoms with van der Waals surface area (Å²) in [4.78, 5) is 36.2. The van der Waals surface area contributed by atoms with Crippen LogP contribution in [0.3, 0.4) is 0 Å². The Morgan fingerprint density at radius 2 is 1.95 bits per heavy atom. The van der Waals surface area contributed by atoms with Gasteiger partial charge in [-0.05, 0) is 24.1 Å². The summed E-state index contributed by atoms with van der Waals surface area (Å²) in [6.45, 7) is 1.49. The van der Waals surface area contributed by atoms with Gasteiger partial charge in [-0.2, -0.15) is 0 Å². The second-order valence-electron chi connectivity index (χ2n) is 5.17. The Morgan fingerprint density at radius 1 is 1.32 bits per heavy atom. The number of nitrogens with zero attached hydrogens (tertiary/aromatic N) is 1. The first kappa shape index (κ1) is 11.9. The Morgan fingerprint density at radius 3 is 2.37 bits per heavy atom. The minimum Gasteiger partial charge on any atom is -0.316 e. The van der Waals surface area contributed by atoms with Crippen molar-refractivity contribution in [2.24, 2.45) is 5.92 Å². The summed E-state index contributed by atoms with van der Waals surface area (Å²) in [5.41, 5.74) is 0.973. The topological polar surface area (TPSA) is 66.5 Å². The molecular formula is C14H14N2O3. The van der Waals surface area contributed by atoms with Crippen LogP contribution in [0.25, 0.3) is 0 Å². The molecule has 19 heavy (non-hydrogen) atoms. The van der Waals surface area contributed by atoms with Crippen molar-refractivity contribution in [3.63, 3.8) is 0 Å². The molecule has 1 aromatic rings. The van der Waals surface area contributed by atoms with Crippen LogP contribution in [0.15, 0.2) is 24.3 Å². The molecule has 5 nitrogen and oxygen atoms in total. The number of carbonyl (C=O) groups excluding carboxylic acids is 3. The average Bonchev–Trinajstić information content (AvgIpc) is 3.09. The quantitative estimate of drug-likeness (QED) is 0.789. The summed E-state index contributed by atoms with van der Waals surface area (Å²) in [6.07, 6.45) is 0.597. The smallest absolute Gasteiger partial charge is 0.238 e. The van der Waals surface area contributed by atoms with Crippen LogP contribution in [0.5, 0.6) is 0 Å². The van der Waals surface area contributed by atoms with Crippen LogP contribution in [-0.2, 0) is 19.8 Å². The van der Waals surface area contributed by atoms with Gasteiger partial charge in [0.2, 0.25) is 17.7 Å². The van der Waals surface area contributed by atoms with Gasteiger partial charge in [0, 0.05) is 19.7 Å². The lowest BCUT2D eigenvalue weighted by molar-refractivity contribution is -0.127. The molecule has 1 heterocycles. The molecule has 1 saturated carbocycles. The maximum Gasteiger partial charge on any atom is 0.238 e. The van der Waals surface area contributed by atoms with E-state index in [-0.39, 0.29) is 23.6 Å². The van der Waals surface area contributed by atoms with E-state index in [2.05, 4.69) is 5.32 Å². The summed E-state index contributed by atoms with van der Waals surface area (Å²) in [5, 5.41) is 2.37. The summed E-state index contributed by atoms with van der Waals surface area (Å²) >= 11 is 0. The van der Waals surface area contributed by atoms with E-state index in [0.29, 0.717) is 6.42 Å². The minimum absolute atomic E-state index is 0.0519. The number of piperidine rings is 1. The number of fused-ring (bicyclic) bond motifs is 1. The van der Waals surface area contributed by atoms with Crippen molar-refractivity contribution in [1.29, 1.82) is 0 Å². The maximum atomic E-state index is 11.9. The number of hydrogen-bond donors (Lipinski definition) is 1. The van der Waals surface area contributed by atoms with E-state index in [1.54, 1.807) is 19.2 Å². The van der Waals surface area contributed by atoms with Gasteiger partial charge in [0.25, 0.3) is 0 Å². The van der Waals surface area contributed by atoms with Crippen molar-refractivity contribution in [2.45, 2.75) is 18.8 Å². The summed E-state index contributed by atoms with van der Waals surface area (Å²) in [7, 11) is 1.70. The highest BCUT2D eigenvalue weighted by Crippen LogP contribution is 2.57. The van der Waals surface area contributed by atoms with E-state index in [1.165, 1.54) is 11.8 Å². The predicted molar refractivity (Wildman–Crippen MR) is 68.5 cm³/mol. The molecule has 1 N–H and O–H groups in total. The van der Waals surface area contributed by atoms with Crippen molar-refractivity contribution in [2.75, 3.05) is 11.9 Å². The summed E-state index contributed by atoms with van der Waals surface area (Å²) in [5.74, 6) is -0.634. The Bertz CT molecular complexity index is 593. The third kappa shape index (κ3) is 1.51. The van der Waals surface area contributed by atoms with E-state index in [0.717, 1.165) is 11.3 Å². The maximum absolute atomic E-state index is 11.9. The molecule has 1 saturated heterocycles. The first-order chi connectivity index (χ1) is 8.96. The molecule has 1 aromatic carbocycles. The Hall–Kier alpha value is -2.17. The van der Waals surface area contributed by atoms with Crippen LogP contribution in [-0.4, -0.2) is 24.8 Å². The number of rotatable bonds is 2. The van der Waals surface area contributed by atoms with Gasteiger partial charge in [-0.1, -0.05) is 12.1 Å². The molecule has 98 valence electrons. The van der Waals surface area contributed by atoms with Crippen molar-refractivity contribution < 1.29 is 14.4 Å². The molecule has 2 unspecified atom stereocenters. The molecule has 5 heteroatoms. The number of imide groups is 1. The lowest BCUT2D eigenvalue weighted by atomic mass is 9.94. The van der Waals surface area contributed by atoms with E-state index in [4.69, 9.17) is 0 Å². The fourth-order valence-corrected chi connectivity index (χ4v) is 2.76. The molecule has 2 fully saturated rings. The number of anilines is 1. The molecule has 1 aliphatic carbocycles. The largest absolute Gasteiger partial charge is 0.316 e. The normalized spacial score (nSPS) is 27.8. The molecule has 0 spiro atoms. The van der Waals surface area contributed by atoms with Crippen LogP contribution in [0.1, 0.15) is 18.9 Å². The number of carbonyl (C=O) groups is 3. The van der Waals surface area contributed by atoms with Crippen molar-refractivity contribution in [3.05, 3.63) is 29.8 Å². The van der Waals surface area contributed by atoms with E-state index in [1.807, 2.05) is 12.1 Å². The predicted octanol–water partition coefficient (Wildman–Crippen LogP) is 0.583. The third-order valence-corrected chi connectivity index (χ3v) is 4.16. The van der Waals surface area contributed by atoms with Gasteiger partial charge in [-0.3, -0.25) is 19.7 Å². The molecule has 2 aliphatic rings. The van der Waals surface area contributed by atoms with Crippen LogP contribution in [0.4, 0.5) is 5.69 Å². The zero-order chi connectivity index (χ0) is 13.8. The zero-order valence-corrected chi connectivity index (χ0v) is 10.8. The highest BCUT2D eigenvalue weighted by atomic mass is 16.2. The summed E-state index contributed by atoms with van der Waals surface area (Å²) < 4.78 is 0. The van der Waals surface area contributed by atoms with E-state index >= 15 is 0 Å². The average molecular weight is 258 g/mol. The first-order valence-electron chi connectivity index (χ1n) is 6.17. The number of nitrogens with one attached hydrogen (secondary N) is 1. The van der Waals surface area contributed by atoms with Crippen LogP contribution >= 0.6 is 0 Å². The van der Waals surface area contributed by atoms with E-state index < -0.39 is 5.41 Å². The van der Waals surface area contributed by atoms with Crippen LogP contribution in [0.2, 0.25) is 0 Å². The van der Waals surface area contributed by atoms with Crippen LogP contribution in [0, 0.1) is 5.92 Å². The minimum atomic E-state index is -0.648. The van der Waals surface area contributed by atoms with Gasteiger partial charge < -0.3 is 4.90 Å². The zero-order valence-electron chi connectivity index (χ0n) is 10.8. The van der Waals surface area contributed by atoms with Gasteiger partial charge in [0.1, 0.15) is 0 Å². The van der Waals surface area contributed by atoms with Gasteiger partial charge in [0.05, 0.1) is 11.3 Å². The third-order valence-electron chi connectivity index (χ3n) is 4.16. The Balaban J connectivity index is 1.91. The van der Waals surface area contributed by atoms with E-state index in [9.17, 15) is 14.4 Å². The van der Waals surface area contributed by atoms with Crippen molar-refractivity contribution in [3.8, 4) is 0 Å². The van der Waals surface area contributed by atoms with Gasteiger partial charge in [-0.15, -0.1) is 0 Å². The standard InChI is InChI=1S/C14H14N2O3/c1-8(17)16(2)10-5-3-9(4-6-10)14-7-11(14)12(18)15-13(14)19/h3-6,11H,7H2,1-2H3,(H,15,18,19). The highest BCUT2D eigenvalue weighted by molar-refractivity contribution is 6.15. The fourth-order valence-electron chi connectivity index (χ4n) is 2.76. The Labute approximate surface area is 110 Å². The van der Waals surface area contributed by atoms with Crippen molar-refractivity contribution in [1.82, 2.24) is 5.32 Å². The summed E-state index contributed by atoms with van der Waals surface area (Å²) in [6, 6.07) is 7.26. The first-order valence-corrected chi connectivity index (χ1v) is 6.17. The second kappa shape index (κ2) is 3.66. The lowest BCUT2D eigenvalue weighted by Gasteiger charge is -2.16. The molecular weight excluding hydrogens is 244 g/mol. The number of hydrogen-bond acceptors (Lipinski definition) is 3. The molecule has 2 atom stereocenters. The fraction of sp³-hybridized carbons (Fsp3) is 0.357. The lowest BCUT2D eigenvalue weighted by Crippen LogP contribution is -2.30. The van der Waals surface area contributed by atoms with Gasteiger partial charge in [-0.25, -0.2) is 0 Å². The SMILES string of the molecule is CC(=O)N(C)c1ccc(C23CC2C(=O)NC3=O)cc1. The highest BCUT2D eigenvalue weighted by Gasteiger charge is 2.69. The number of benzene rings is 1. The van der Waals surface area contributed by atoms with Crippen LogP contribution < -0.4 is 10.2 Å². The van der Waals surface area contributed by atoms with Gasteiger partial charge >= 0.3 is 0 Å². The molecule has 3 rings (SSSR count). The molecule has 0 aromatic heterocycles. The monoisotopic (exact) mass is 258 g/mol. The molecule has 3 amide bonds.